The highest BCUT2D eigenvalue weighted by atomic mass is 19.1. The van der Waals surface area contributed by atoms with Crippen molar-refractivity contribution in [1.29, 1.82) is 0 Å². The number of ether oxygens (including phenoxy) is 2. The van der Waals surface area contributed by atoms with E-state index in [1.165, 1.54) is 17.7 Å². The second kappa shape index (κ2) is 9.70. The van der Waals surface area contributed by atoms with Crippen molar-refractivity contribution < 1.29 is 27.0 Å². The number of aryl methyl sites for hydroxylation is 2. The Labute approximate surface area is 215 Å². The SMILES string of the molecule is COc1nc(N[C@H]2CCN(C3COC3)C[C@@H]2F)nn2cc(F)c(-c3cc(F)c4nc(C)n(CCF)c4c3)c12. The second-order valence-electron chi connectivity index (χ2n) is 9.66. The molecule has 13 heteroatoms. The molecule has 202 valence electrons. The van der Waals surface area contributed by atoms with Crippen molar-refractivity contribution in [3.63, 3.8) is 0 Å². The smallest absolute Gasteiger partial charge is 0.244 e. The molecule has 2 fully saturated rings. The zero-order valence-corrected chi connectivity index (χ0v) is 20.9. The van der Waals surface area contributed by atoms with Crippen molar-refractivity contribution in [2.45, 2.75) is 38.1 Å². The first-order valence-corrected chi connectivity index (χ1v) is 12.5. The summed E-state index contributed by atoms with van der Waals surface area (Å²) in [5.41, 5.74) is 0.836. The highest BCUT2D eigenvalue weighted by Gasteiger charge is 2.36. The van der Waals surface area contributed by atoms with Crippen molar-refractivity contribution in [2.75, 3.05) is 45.4 Å². The van der Waals surface area contributed by atoms with Gasteiger partial charge in [0.15, 0.2) is 11.6 Å². The van der Waals surface area contributed by atoms with E-state index in [1.54, 1.807) is 17.6 Å². The number of anilines is 1. The lowest BCUT2D eigenvalue weighted by Gasteiger charge is -2.42. The fourth-order valence-electron chi connectivity index (χ4n) is 5.33. The third kappa shape index (κ3) is 4.13. The molecule has 1 N–H and O–H groups in total. The van der Waals surface area contributed by atoms with Gasteiger partial charge in [-0.05, 0) is 31.0 Å². The molecule has 2 aliphatic heterocycles. The van der Waals surface area contributed by atoms with Crippen molar-refractivity contribution in [3.05, 3.63) is 35.8 Å². The zero-order chi connectivity index (χ0) is 26.6. The van der Waals surface area contributed by atoms with Gasteiger partial charge in [-0.25, -0.2) is 27.1 Å². The van der Waals surface area contributed by atoms with Crippen LogP contribution >= 0.6 is 0 Å². The molecule has 0 spiro atoms. The van der Waals surface area contributed by atoms with Crippen LogP contribution in [0.5, 0.6) is 5.88 Å². The maximum atomic E-state index is 15.4. The summed E-state index contributed by atoms with van der Waals surface area (Å²) in [5.74, 6) is -0.771. The van der Waals surface area contributed by atoms with Gasteiger partial charge in [0.25, 0.3) is 0 Å². The molecule has 0 aliphatic carbocycles. The highest BCUT2D eigenvalue weighted by Crippen LogP contribution is 2.36. The van der Waals surface area contributed by atoms with E-state index in [1.807, 2.05) is 0 Å². The maximum Gasteiger partial charge on any atom is 0.244 e. The number of fused-ring (bicyclic) bond motifs is 2. The first-order chi connectivity index (χ1) is 18.4. The van der Waals surface area contributed by atoms with Crippen molar-refractivity contribution in [1.82, 2.24) is 29.0 Å². The third-order valence-electron chi connectivity index (χ3n) is 7.37. The molecule has 0 unspecified atom stereocenters. The zero-order valence-electron chi connectivity index (χ0n) is 20.9. The summed E-state index contributed by atoms with van der Waals surface area (Å²) in [5, 5.41) is 7.38. The number of nitrogens with zero attached hydrogens (tertiary/aromatic N) is 6. The quantitative estimate of drug-likeness (QED) is 0.364. The molecule has 0 saturated carbocycles. The number of methoxy groups -OCH3 is 1. The molecule has 38 heavy (non-hydrogen) atoms. The van der Waals surface area contributed by atoms with E-state index in [4.69, 9.17) is 9.47 Å². The Morgan fingerprint density at radius 1 is 1.18 bits per heavy atom. The summed E-state index contributed by atoms with van der Waals surface area (Å²) in [4.78, 5) is 10.6. The largest absolute Gasteiger partial charge is 0.479 e. The Hall–Kier alpha value is -3.45. The van der Waals surface area contributed by atoms with Crippen LogP contribution in [0.25, 0.3) is 27.7 Å². The van der Waals surface area contributed by atoms with Crippen LogP contribution in [0.3, 0.4) is 0 Å². The van der Waals surface area contributed by atoms with E-state index in [-0.39, 0.29) is 53.1 Å². The fraction of sp³-hybridized carbons (Fsp3) is 0.480. The van der Waals surface area contributed by atoms with Gasteiger partial charge < -0.3 is 19.4 Å². The Kier molecular flexibility index (Phi) is 6.34. The minimum absolute atomic E-state index is 0.00535. The number of hydrogen-bond donors (Lipinski definition) is 1. The van der Waals surface area contributed by atoms with Crippen molar-refractivity contribution >= 4 is 22.5 Å². The number of benzene rings is 1. The predicted octanol–water partition coefficient (Wildman–Crippen LogP) is 3.53. The van der Waals surface area contributed by atoms with E-state index in [2.05, 4.69) is 25.3 Å². The Balaban J connectivity index is 1.35. The molecule has 2 saturated heterocycles. The van der Waals surface area contributed by atoms with E-state index in [0.29, 0.717) is 37.5 Å². The molecule has 5 heterocycles. The second-order valence-corrected chi connectivity index (χ2v) is 9.66. The minimum atomic E-state index is -1.15. The van der Waals surface area contributed by atoms with Gasteiger partial charge in [-0.3, -0.25) is 4.90 Å². The van der Waals surface area contributed by atoms with Gasteiger partial charge in [0, 0.05) is 13.1 Å². The van der Waals surface area contributed by atoms with Gasteiger partial charge in [-0.15, -0.1) is 5.10 Å². The maximum absolute atomic E-state index is 15.4. The number of hydrogen-bond acceptors (Lipinski definition) is 7. The van der Waals surface area contributed by atoms with E-state index in [9.17, 15) is 8.78 Å². The van der Waals surface area contributed by atoms with E-state index in [0.717, 1.165) is 6.20 Å². The standard InChI is InChI=1S/C25H27F4N7O2/c1-13-30-22-16(27)7-14(8-20(22)35(13)6-4-26)21-18(29)10-36-23(21)24(37-2)32-25(33-36)31-19-3-5-34(9-17(19)28)15-11-38-12-15/h7-8,10,15,17,19H,3-6,9,11-12H2,1-2H3,(H,31,33)/t17-,19-/m0/s1. The minimum Gasteiger partial charge on any atom is -0.479 e. The molecule has 0 amide bonds. The highest BCUT2D eigenvalue weighted by molar-refractivity contribution is 5.90. The average molecular weight is 534 g/mol. The normalized spacial score (nSPS) is 20.8. The topological polar surface area (TPSA) is 81.7 Å². The van der Waals surface area contributed by atoms with Crippen LogP contribution in [0.15, 0.2) is 18.3 Å². The summed E-state index contributed by atoms with van der Waals surface area (Å²) in [6, 6.07) is 2.47. The van der Waals surface area contributed by atoms with Gasteiger partial charge in [0.1, 0.15) is 29.7 Å². The van der Waals surface area contributed by atoms with E-state index >= 15 is 8.78 Å². The van der Waals surface area contributed by atoms with Gasteiger partial charge in [0.2, 0.25) is 11.8 Å². The Morgan fingerprint density at radius 3 is 2.68 bits per heavy atom. The van der Waals surface area contributed by atoms with Crippen LogP contribution in [-0.4, -0.2) is 87.4 Å². The summed E-state index contributed by atoms with van der Waals surface area (Å²) >= 11 is 0. The van der Waals surface area contributed by atoms with Gasteiger partial charge in [-0.2, -0.15) is 4.98 Å². The number of likely N-dealkylation sites (tertiary alicyclic amines) is 1. The number of piperidine rings is 1. The van der Waals surface area contributed by atoms with E-state index < -0.39 is 30.5 Å². The lowest BCUT2D eigenvalue weighted by atomic mass is 10.0. The number of alkyl halides is 2. The van der Waals surface area contributed by atoms with Crippen LogP contribution in [0.1, 0.15) is 12.2 Å². The molecular weight excluding hydrogens is 506 g/mol. The van der Waals surface area contributed by atoms with Gasteiger partial charge in [-0.1, -0.05) is 0 Å². The van der Waals surface area contributed by atoms with Crippen LogP contribution in [0.4, 0.5) is 23.5 Å². The van der Waals surface area contributed by atoms with Crippen LogP contribution in [0, 0.1) is 18.6 Å². The average Bonchev–Trinajstić information content (AvgIpc) is 3.35. The molecular formula is C25H27F4N7O2. The summed E-state index contributed by atoms with van der Waals surface area (Å²) in [6.07, 6.45) is 0.523. The summed E-state index contributed by atoms with van der Waals surface area (Å²) in [6.45, 7) is 3.22. The molecule has 0 bridgehead atoms. The van der Waals surface area contributed by atoms with Crippen LogP contribution < -0.4 is 10.1 Å². The van der Waals surface area contributed by atoms with Gasteiger partial charge >= 0.3 is 0 Å². The first-order valence-electron chi connectivity index (χ1n) is 12.5. The van der Waals surface area contributed by atoms with Crippen molar-refractivity contribution in [2.24, 2.45) is 0 Å². The van der Waals surface area contributed by atoms with Crippen LogP contribution in [0.2, 0.25) is 0 Å². The van der Waals surface area contributed by atoms with Gasteiger partial charge in [0.05, 0.1) is 56.2 Å². The molecule has 6 rings (SSSR count). The monoisotopic (exact) mass is 533 g/mol. The number of halogens is 4. The lowest BCUT2D eigenvalue weighted by molar-refractivity contribution is -0.0794. The molecule has 2 aliphatic rings. The Bertz CT molecular complexity index is 1500. The van der Waals surface area contributed by atoms with Crippen molar-refractivity contribution in [3.8, 4) is 17.0 Å². The molecule has 9 nitrogen and oxygen atoms in total. The summed E-state index contributed by atoms with van der Waals surface area (Å²) < 4.78 is 72.0. The number of nitrogens with one attached hydrogen (secondary N) is 1. The fourth-order valence-corrected chi connectivity index (χ4v) is 5.33. The molecule has 1 aromatic carbocycles. The molecule has 3 aromatic heterocycles. The number of rotatable bonds is 7. The molecule has 0 radical (unpaired) electrons. The number of imidazole rings is 1. The summed E-state index contributed by atoms with van der Waals surface area (Å²) in [7, 11) is 1.38. The first kappa shape index (κ1) is 24.9. The molecule has 4 aromatic rings. The predicted molar refractivity (Wildman–Crippen MR) is 132 cm³/mol. The van der Waals surface area contributed by atoms with Crippen LogP contribution in [-0.2, 0) is 11.3 Å². The number of aromatic nitrogens is 5. The Morgan fingerprint density at radius 2 is 2.00 bits per heavy atom. The lowest BCUT2D eigenvalue weighted by Crippen LogP contribution is -2.57. The third-order valence-corrected chi connectivity index (χ3v) is 7.37. The molecule has 2 atom stereocenters.